The molecule has 8 heteroatoms. The minimum absolute atomic E-state index is 0.140. The number of hydrogen-bond acceptors (Lipinski definition) is 6. The van der Waals surface area contributed by atoms with Crippen LogP contribution in [0.5, 0.6) is 0 Å². The maximum atomic E-state index is 11.1. The van der Waals surface area contributed by atoms with Gasteiger partial charge in [-0.05, 0) is 11.6 Å². The van der Waals surface area contributed by atoms with E-state index in [1.807, 2.05) is 24.3 Å². The third kappa shape index (κ3) is 2.85. The number of nitrogens with zero attached hydrogens (tertiary/aromatic N) is 4. The summed E-state index contributed by atoms with van der Waals surface area (Å²) >= 11 is 3.44. The molecular formula is C12H12BrN5O2. The van der Waals surface area contributed by atoms with Gasteiger partial charge >= 0.3 is 5.69 Å². The molecule has 104 valence electrons. The van der Waals surface area contributed by atoms with Crippen LogP contribution in [0.15, 0.2) is 35.1 Å². The molecule has 0 atom stereocenters. The van der Waals surface area contributed by atoms with Gasteiger partial charge in [0, 0.05) is 18.1 Å². The van der Waals surface area contributed by atoms with Gasteiger partial charge in [0.05, 0.1) is 4.92 Å². The van der Waals surface area contributed by atoms with Crippen LogP contribution in [-0.2, 0) is 6.54 Å². The molecule has 0 aliphatic heterocycles. The maximum Gasteiger partial charge on any atom is 0.353 e. The molecule has 1 aromatic carbocycles. The van der Waals surface area contributed by atoms with Crippen molar-refractivity contribution in [3.63, 3.8) is 0 Å². The molecule has 0 bridgehead atoms. The van der Waals surface area contributed by atoms with Crippen molar-refractivity contribution in [3.05, 3.63) is 50.7 Å². The Hall–Kier alpha value is -2.22. The Morgan fingerprint density at radius 3 is 2.75 bits per heavy atom. The average molecular weight is 338 g/mol. The molecule has 1 heterocycles. The van der Waals surface area contributed by atoms with Crippen molar-refractivity contribution in [3.8, 4) is 0 Å². The first-order valence-corrected chi connectivity index (χ1v) is 6.49. The summed E-state index contributed by atoms with van der Waals surface area (Å²) in [4.78, 5) is 19.8. The fraction of sp³-hybridized carbons (Fsp3) is 0.167. The Labute approximate surface area is 123 Å². The number of hydrogen-bond donors (Lipinski definition) is 1. The summed E-state index contributed by atoms with van der Waals surface area (Å²) in [6.07, 6.45) is 1.22. The number of halogens is 1. The number of rotatable bonds is 4. The van der Waals surface area contributed by atoms with Crippen molar-refractivity contribution in [2.24, 2.45) is 0 Å². The third-order valence-corrected chi connectivity index (χ3v) is 3.51. The lowest BCUT2D eigenvalue weighted by Crippen LogP contribution is -2.20. The Morgan fingerprint density at radius 2 is 2.10 bits per heavy atom. The fourth-order valence-electron chi connectivity index (χ4n) is 1.79. The van der Waals surface area contributed by atoms with E-state index in [1.165, 1.54) is 6.33 Å². The zero-order valence-electron chi connectivity index (χ0n) is 10.7. The predicted molar refractivity (Wildman–Crippen MR) is 79.3 cm³/mol. The van der Waals surface area contributed by atoms with Crippen LogP contribution in [0.3, 0.4) is 0 Å². The first-order chi connectivity index (χ1) is 9.50. The van der Waals surface area contributed by atoms with E-state index in [0.717, 1.165) is 10.0 Å². The summed E-state index contributed by atoms with van der Waals surface area (Å²) in [5, 5.41) is 11.1. The van der Waals surface area contributed by atoms with Crippen molar-refractivity contribution in [1.29, 1.82) is 0 Å². The van der Waals surface area contributed by atoms with Gasteiger partial charge in [0.1, 0.15) is 6.33 Å². The predicted octanol–water partition coefficient (Wildman–Crippen LogP) is 2.37. The lowest BCUT2D eigenvalue weighted by molar-refractivity contribution is -0.383. The number of anilines is 2. The standard InChI is InChI=1S/C12H12BrN5O2/c1-17(6-8-4-2-3-5-9(8)13)12-10(18(19)20)11(14)15-7-16-12/h2-5,7H,6H2,1H3,(H2,14,15,16). The summed E-state index contributed by atoms with van der Waals surface area (Å²) < 4.78 is 0.927. The van der Waals surface area contributed by atoms with Crippen LogP contribution >= 0.6 is 15.9 Å². The van der Waals surface area contributed by atoms with Crippen LogP contribution < -0.4 is 10.6 Å². The van der Waals surface area contributed by atoms with Gasteiger partial charge in [-0.3, -0.25) is 10.1 Å². The topological polar surface area (TPSA) is 98.2 Å². The quantitative estimate of drug-likeness (QED) is 0.679. The molecule has 0 spiro atoms. The van der Waals surface area contributed by atoms with E-state index in [4.69, 9.17) is 5.73 Å². The largest absolute Gasteiger partial charge is 0.378 e. The maximum absolute atomic E-state index is 11.1. The van der Waals surface area contributed by atoms with Gasteiger partial charge < -0.3 is 10.6 Å². The molecule has 0 radical (unpaired) electrons. The van der Waals surface area contributed by atoms with Gasteiger partial charge in [0.25, 0.3) is 0 Å². The summed E-state index contributed by atoms with van der Waals surface area (Å²) in [5.74, 6) is 0.0530. The highest BCUT2D eigenvalue weighted by atomic mass is 79.9. The highest BCUT2D eigenvalue weighted by Gasteiger charge is 2.23. The molecule has 0 aliphatic carbocycles. The van der Waals surface area contributed by atoms with Gasteiger partial charge in [-0.25, -0.2) is 9.97 Å². The number of nitro groups is 1. The van der Waals surface area contributed by atoms with Gasteiger partial charge in [-0.15, -0.1) is 0 Å². The lowest BCUT2D eigenvalue weighted by atomic mass is 10.2. The molecule has 2 N–H and O–H groups in total. The van der Waals surface area contributed by atoms with Crippen LogP contribution in [0, 0.1) is 10.1 Å². The highest BCUT2D eigenvalue weighted by Crippen LogP contribution is 2.30. The van der Waals surface area contributed by atoms with Gasteiger partial charge in [-0.1, -0.05) is 34.1 Å². The molecule has 0 aliphatic rings. The van der Waals surface area contributed by atoms with Gasteiger partial charge in [0.2, 0.25) is 11.6 Å². The van der Waals surface area contributed by atoms with Crippen molar-refractivity contribution >= 4 is 33.3 Å². The zero-order valence-corrected chi connectivity index (χ0v) is 12.2. The number of benzene rings is 1. The van der Waals surface area contributed by atoms with Crippen LogP contribution in [-0.4, -0.2) is 21.9 Å². The Bertz CT molecular complexity index is 649. The number of nitrogens with two attached hydrogens (primary N) is 1. The average Bonchev–Trinajstić information content (AvgIpc) is 2.40. The van der Waals surface area contributed by atoms with Crippen molar-refractivity contribution < 1.29 is 4.92 Å². The van der Waals surface area contributed by atoms with Crippen molar-refractivity contribution in [1.82, 2.24) is 9.97 Å². The van der Waals surface area contributed by atoms with E-state index >= 15 is 0 Å². The van der Waals surface area contributed by atoms with E-state index in [2.05, 4.69) is 25.9 Å². The Morgan fingerprint density at radius 1 is 1.40 bits per heavy atom. The van der Waals surface area contributed by atoms with Crippen molar-refractivity contribution in [2.75, 3.05) is 17.7 Å². The minimum atomic E-state index is -0.568. The van der Waals surface area contributed by atoms with Crippen LogP contribution in [0.1, 0.15) is 5.56 Å². The lowest BCUT2D eigenvalue weighted by Gasteiger charge is -2.18. The van der Waals surface area contributed by atoms with Gasteiger partial charge in [0.15, 0.2) is 0 Å². The summed E-state index contributed by atoms with van der Waals surface area (Å²) in [6, 6.07) is 7.64. The Balaban J connectivity index is 2.35. The Kier molecular flexibility index (Phi) is 4.14. The first kappa shape index (κ1) is 14.2. The molecular weight excluding hydrogens is 326 g/mol. The molecule has 20 heavy (non-hydrogen) atoms. The molecule has 0 saturated heterocycles. The second-order valence-electron chi connectivity index (χ2n) is 4.14. The second-order valence-corrected chi connectivity index (χ2v) is 4.99. The molecule has 2 rings (SSSR count). The van der Waals surface area contributed by atoms with E-state index in [-0.39, 0.29) is 17.3 Å². The molecule has 0 fully saturated rings. The minimum Gasteiger partial charge on any atom is -0.378 e. The molecule has 0 amide bonds. The van der Waals surface area contributed by atoms with Crippen LogP contribution in [0.4, 0.5) is 17.3 Å². The SMILES string of the molecule is CN(Cc1ccccc1Br)c1ncnc(N)c1[N+](=O)[O-]. The van der Waals surface area contributed by atoms with Crippen LogP contribution in [0.25, 0.3) is 0 Å². The molecule has 7 nitrogen and oxygen atoms in total. The monoisotopic (exact) mass is 337 g/mol. The van der Waals surface area contributed by atoms with E-state index in [9.17, 15) is 10.1 Å². The van der Waals surface area contributed by atoms with Crippen LogP contribution in [0.2, 0.25) is 0 Å². The second kappa shape index (κ2) is 5.83. The van der Waals surface area contributed by atoms with E-state index in [1.54, 1.807) is 11.9 Å². The molecule has 1 aromatic heterocycles. The number of nitrogen functional groups attached to an aromatic ring is 1. The summed E-state index contributed by atoms with van der Waals surface area (Å²) in [6.45, 7) is 0.457. The van der Waals surface area contributed by atoms with E-state index < -0.39 is 4.92 Å². The molecule has 0 saturated carbocycles. The summed E-state index contributed by atoms with van der Waals surface area (Å²) in [7, 11) is 1.72. The smallest absolute Gasteiger partial charge is 0.353 e. The third-order valence-electron chi connectivity index (χ3n) is 2.74. The normalized spacial score (nSPS) is 10.3. The fourth-order valence-corrected chi connectivity index (χ4v) is 2.20. The molecule has 0 unspecified atom stereocenters. The zero-order chi connectivity index (χ0) is 14.7. The van der Waals surface area contributed by atoms with Gasteiger partial charge in [-0.2, -0.15) is 0 Å². The van der Waals surface area contributed by atoms with E-state index in [0.29, 0.717) is 6.54 Å². The highest BCUT2D eigenvalue weighted by molar-refractivity contribution is 9.10. The number of aromatic nitrogens is 2. The summed E-state index contributed by atoms with van der Waals surface area (Å²) in [5.41, 5.74) is 6.27. The molecule has 2 aromatic rings. The van der Waals surface area contributed by atoms with Crippen molar-refractivity contribution in [2.45, 2.75) is 6.54 Å². The first-order valence-electron chi connectivity index (χ1n) is 5.70.